The highest BCUT2D eigenvalue weighted by Crippen LogP contribution is 2.31. The summed E-state index contributed by atoms with van der Waals surface area (Å²) in [4.78, 5) is 13.3. The first-order chi connectivity index (χ1) is 7.08. The van der Waals surface area contributed by atoms with E-state index >= 15 is 0 Å². The molecule has 1 aromatic carbocycles. The molecule has 0 aromatic heterocycles. The molecule has 5 heteroatoms. The van der Waals surface area contributed by atoms with Gasteiger partial charge in [-0.25, -0.2) is 0 Å². The van der Waals surface area contributed by atoms with Crippen molar-refractivity contribution in [3.05, 3.63) is 22.7 Å². The number of rotatable bonds is 1. The summed E-state index contributed by atoms with van der Waals surface area (Å²) in [5, 5.41) is 0.107. The zero-order valence-corrected chi connectivity index (χ0v) is 10.5. The maximum Gasteiger partial charge on any atom is 0.228 e. The minimum Gasteiger partial charge on any atom is -0.397 e. The number of carbonyl (C=O) groups is 1. The fourth-order valence-electron chi connectivity index (χ4n) is 1.67. The zero-order valence-electron chi connectivity index (χ0n) is 7.98. The molecule has 1 aromatic rings. The minimum absolute atomic E-state index is 0.0831. The molecular formula is C10H11BrN2OS. The van der Waals surface area contributed by atoms with Gasteiger partial charge < -0.3 is 10.6 Å². The van der Waals surface area contributed by atoms with Gasteiger partial charge in [-0.1, -0.05) is 15.9 Å². The Kier molecular flexibility index (Phi) is 2.93. The standard InChI is InChI=1S/C10H11BrN2OS/c11-6-1-2-8(12)9(3-6)13-5-7(15)4-10(13)14/h1-3,7,15H,4-5,12H2. The molecule has 0 aliphatic carbocycles. The summed E-state index contributed by atoms with van der Waals surface area (Å²) < 4.78 is 0.919. The Morgan fingerprint density at radius 1 is 1.53 bits per heavy atom. The fourth-order valence-corrected chi connectivity index (χ4v) is 2.34. The van der Waals surface area contributed by atoms with Crippen molar-refractivity contribution in [3.8, 4) is 0 Å². The van der Waals surface area contributed by atoms with Crippen LogP contribution in [-0.4, -0.2) is 17.7 Å². The lowest BCUT2D eigenvalue weighted by Crippen LogP contribution is -2.25. The molecule has 2 rings (SSSR count). The Morgan fingerprint density at radius 3 is 2.87 bits per heavy atom. The van der Waals surface area contributed by atoms with E-state index < -0.39 is 0 Å². The van der Waals surface area contributed by atoms with Gasteiger partial charge in [-0.05, 0) is 18.2 Å². The highest BCUT2D eigenvalue weighted by Gasteiger charge is 2.29. The number of benzene rings is 1. The minimum atomic E-state index is 0.0831. The predicted octanol–water partition coefficient (Wildman–Crippen LogP) is 2.07. The Morgan fingerprint density at radius 2 is 2.27 bits per heavy atom. The zero-order chi connectivity index (χ0) is 11.0. The van der Waals surface area contributed by atoms with E-state index in [4.69, 9.17) is 5.73 Å². The molecule has 0 radical (unpaired) electrons. The second-order valence-electron chi connectivity index (χ2n) is 3.57. The van der Waals surface area contributed by atoms with E-state index in [1.807, 2.05) is 12.1 Å². The van der Waals surface area contributed by atoms with Crippen LogP contribution in [0.5, 0.6) is 0 Å². The van der Waals surface area contributed by atoms with Crippen LogP contribution in [0.2, 0.25) is 0 Å². The smallest absolute Gasteiger partial charge is 0.228 e. The summed E-state index contributed by atoms with van der Waals surface area (Å²) in [6, 6.07) is 5.51. The van der Waals surface area contributed by atoms with E-state index in [-0.39, 0.29) is 11.2 Å². The predicted molar refractivity (Wildman–Crippen MR) is 68.3 cm³/mol. The van der Waals surface area contributed by atoms with Crippen molar-refractivity contribution in [1.29, 1.82) is 0 Å². The monoisotopic (exact) mass is 286 g/mol. The molecule has 1 heterocycles. The van der Waals surface area contributed by atoms with Gasteiger partial charge in [-0.2, -0.15) is 12.6 Å². The van der Waals surface area contributed by atoms with Crippen molar-refractivity contribution in [3.63, 3.8) is 0 Å². The molecule has 80 valence electrons. The van der Waals surface area contributed by atoms with Crippen molar-refractivity contribution in [2.24, 2.45) is 0 Å². The Hall–Kier alpha value is -0.680. The van der Waals surface area contributed by atoms with Crippen LogP contribution >= 0.6 is 28.6 Å². The van der Waals surface area contributed by atoms with Gasteiger partial charge in [0.05, 0.1) is 11.4 Å². The first kappa shape index (κ1) is 10.8. The van der Waals surface area contributed by atoms with Crippen LogP contribution in [0, 0.1) is 0 Å². The number of halogens is 1. The van der Waals surface area contributed by atoms with Gasteiger partial charge in [0.2, 0.25) is 5.91 Å². The van der Waals surface area contributed by atoms with Gasteiger partial charge in [0.1, 0.15) is 0 Å². The maximum atomic E-state index is 11.7. The van der Waals surface area contributed by atoms with Gasteiger partial charge in [-0.3, -0.25) is 4.79 Å². The fraction of sp³-hybridized carbons (Fsp3) is 0.300. The van der Waals surface area contributed by atoms with Gasteiger partial charge in [-0.15, -0.1) is 0 Å². The molecule has 1 aliphatic heterocycles. The van der Waals surface area contributed by atoms with Crippen LogP contribution in [0.3, 0.4) is 0 Å². The van der Waals surface area contributed by atoms with Crippen molar-refractivity contribution in [2.75, 3.05) is 17.2 Å². The third-order valence-electron chi connectivity index (χ3n) is 2.39. The molecule has 1 saturated heterocycles. The second-order valence-corrected chi connectivity index (χ2v) is 5.21. The molecule has 0 spiro atoms. The number of nitrogens with zero attached hydrogens (tertiary/aromatic N) is 1. The molecule has 0 bridgehead atoms. The van der Waals surface area contributed by atoms with E-state index in [0.717, 1.165) is 10.2 Å². The Balaban J connectivity index is 2.37. The van der Waals surface area contributed by atoms with Crippen molar-refractivity contribution >= 4 is 45.8 Å². The summed E-state index contributed by atoms with van der Waals surface area (Å²) in [6.07, 6.45) is 0.481. The van der Waals surface area contributed by atoms with Crippen molar-refractivity contribution < 1.29 is 4.79 Å². The molecule has 0 saturated carbocycles. The van der Waals surface area contributed by atoms with Crippen LogP contribution in [0.1, 0.15) is 6.42 Å². The largest absolute Gasteiger partial charge is 0.397 e. The lowest BCUT2D eigenvalue weighted by atomic mass is 10.2. The average molecular weight is 287 g/mol. The van der Waals surface area contributed by atoms with Gasteiger partial charge >= 0.3 is 0 Å². The van der Waals surface area contributed by atoms with Crippen LogP contribution in [0.25, 0.3) is 0 Å². The topological polar surface area (TPSA) is 46.3 Å². The number of hydrogen-bond donors (Lipinski definition) is 2. The number of nitrogen functional groups attached to an aromatic ring is 1. The second kappa shape index (κ2) is 4.06. The first-order valence-corrected chi connectivity index (χ1v) is 5.92. The number of thiol groups is 1. The Bertz CT molecular complexity index is 410. The molecule has 1 aliphatic rings. The molecule has 2 N–H and O–H groups in total. The number of nitrogens with two attached hydrogens (primary N) is 1. The molecule has 15 heavy (non-hydrogen) atoms. The summed E-state index contributed by atoms with van der Waals surface area (Å²) in [7, 11) is 0. The van der Waals surface area contributed by atoms with E-state index in [1.165, 1.54) is 0 Å². The quantitative estimate of drug-likeness (QED) is 0.613. The normalized spacial score (nSPS) is 21.1. The van der Waals surface area contributed by atoms with Gasteiger partial charge in [0.25, 0.3) is 0 Å². The average Bonchev–Trinajstić information content (AvgIpc) is 2.50. The first-order valence-electron chi connectivity index (χ1n) is 4.61. The van der Waals surface area contributed by atoms with E-state index in [9.17, 15) is 4.79 Å². The number of carbonyl (C=O) groups excluding carboxylic acids is 1. The lowest BCUT2D eigenvalue weighted by Gasteiger charge is -2.18. The molecule has 1 unspecified atom stereocenters. The molecular weight excluding hydrogens is 276 g/mol. The SMILES string of the molecule is Nc1ccc(Br)cc1N1CC(S)CC1=O. The van der Waals surface area contributed by atoms with Crippen molar-refractivity contribution in [2.45, 2.75) is 11.7 Å². The molecule has 1 fully saturated rings. The van der Waals surface area contributed by atoms with Crippen LogP contribution in [0.15, 0.2) is 22.7 Å². The molecule has 1 amide bonds. The third-order valence-corrected chi connectivity index (χ3v) is 3.23. The molecule has 1 atom stereocenters. The summed E-state index contributed by atoms with van der Waals surface area (Å²) in [5.74, 6) is 0.0831. The lowest BCUT2D eigenvalue weighted by molar-refractivity contribution is -0.117. The van der Waals surface area contributed by atoms with Crippen LogP contribution < -0.4 is 10.6 Å². The van der Waals surface area contributed by atoms with Gasteiger partial charge in [0.15, 0.2) is 0 Å². The van der Waals surface area contributed by atoms with E-state index in [2.05, 4.69) is 28.6 Å². The summed E-state index contributed by atoms with van der Waals surface area (Å²) in [6.45, 7) is 0.628. The number of amides is 1. The maximum absolute atomic E-state index is 11.7. The van der Waals surface area contributed by atoms with Crippen LogP contribution in [-0.2, 0) is 4.79 Å². The number of anilines is 2. The highest BCUT2D eigenvalue weighted by atomic mass is 79.9. The van der Waals surface area contributed by atoms with Crippen LogP contribution in [0.4, 0.5) is 11.4 Å². The highest BCUT2D eigenvalue weighted by molar-refractivity contribution is 9.10. The van der Waals surface area contributed by atoms with Gasteiger partial charge in [0, 0.05) is 22.7 Å². The number of hydrogen-bond acceptors (Lipinski definition) is 3. The molecule has 3 nitrogen and oxygen atoms in total. The van der Waals surface area contributed by atoms with Crippen molar-refractivity contribution in [1.82, 2.24) is 0 Å². The third kappa shape index (κ3) is 2.13. The Labute approximate surface area is 102 Å². The van der Waals surface area contributed by atoms with E-state index in [1.54, 1.807) is 11.0 Å². The summed E-state index contributed by atoms with van der Waals surface area (Å²) >= 11 is 7.67. The summed E-state index contributed by atoms with van der Waals surface area (Å²) in [5.41, 5.74) is 7.23. The van der Waals surface area contributed by atoms with E-state index in [0.29, 0.717) is 18.7 Å².